The number of nitrogens with one attached hydrogen (secondary N) is 1. The van der Waals surface area contributed by atoms with E-state index >= 15 is 0 Å². The fourth-order valence-electron chi connectivity index (χ4n) is 2.76. The van der Waals surface area contributed by atoms with E-state index in [-0.39, 0.29) is 12.5 Å². The summed E-state index contributed by atoms with van der Waals surface area (Å²) in [7, 11) is 1.61. The lowest BCUT2D eigenvalue weighted by Gasteiger charge is -2.07. The second-order valence-corrected chi connectivity index (χ2v) is 7.14. The number of aromatic nitrogens is 1. The Morgan fingerprint density at radius 2 is 1.90 bits per heavy atom. The van der Waals surface area contributed by atoms with E-state index in [2.05, 4.69) is 26.2 Å². The molecule has 0 unspecified atom stereocenters. The quantitative estimate of drug-likeness (QED) is 0.430. The molecule has 0 atom stereocenters. The van der Waals surface area contributed by atoms with E-state index in [4.69, 9.17) is 13.9 Å². The summed E-state index contributed by atoms with van der Waals surface area (Å²) in [5.41, 5.74) is 2.71. The van der Waals surface area contributed by atoms with Gasteiger partial charge in [-0.3, -0.25) is 4.79 Å². The summed E-state index contributed by atoms with van der Waals surface area (Å²) in [5, 5.41) is 2.81. The van der Waals surface area contributed by atoms with Gasteiger partial charge in [-0.2, -0.15) is 0 Å². The van der Waals surface area contributed by atoms with Crippen molar-refractivity contribution in [1.82, 2.24) is 4.98 Å². The Kier molecular flexibility index (Phi) is 5.48. The molecule has 4 rings (SSSR count). The third-order valence-electron chi connectivity index (χ3n) is 4.17. The van der Waals surface area contributed by atoms with Crippen LogP contribution in [-0.2, 0) is 4.79 Å². The van der Waals surface area contributed by atoms with Crippen molar-refractivity contribution < 1.29 is 18.7 Å². The van der Waals surface area contributed by atoms with Crippen LogP contribution >= 0.6 is 15.9 Å². The van der Waals surface area contributed by atoms with E-state index in [9.17, 15) is 4.79 Å². The first-order valence-corrected chi connectivity index (χ1v) is 9.63. The van der Waals surface area contributed by atoms with Gasteiger partial charge in [-0.1, -0.05) is 22.0 Å². The van der Waals surface area contributed by atoms with Crippen LogP contribution in [0.5, 0.6) is 11.5 Å². The van der Waals surface area contributed by atoms with Gasteiger partial charge < -0.3 is 19.2 Å². The summed E-state index contributed by atoms with van der Waals surface area (Å²) in [5.74, 6) is 1.58. The lowest BCUT2D eigenvalue weighted by Crippen LogP contribution is -2.20. The van der Waals surface area contributed by atoms with Gasteiger partial charge in [-0.15, -0.1) is 0 Å². The van der Waals surface area contributed by atoms with E-state index in [1.54, 1.807) is 37.4 Å². The summed E-state index contributed by atoms with van der Waals surface area (Å²) in [6.07, 6.45) is 0. The van der Waals surface area contributed by atoms with Crippen molar-refractivity contribution in [3.05, 3.63) is 71.2 Å². The smallest absolute Gasteiger partial charge is 0.262 e. The molecule has 0 spiro atoms. The first-order valence-electron chi connectivity index (χ1n) is 8.84. The van der Waals surface area contributed by atoms with Crippen LogP contribution < -0.4 is 14.8 Å². The van der Waals surface area contributed by atoms with E-state index in [1.165, 1.54) is 0 Å². The van der Waals surface area contributed by atoms with Gasteiger partial charge in [0, 0.05) is 15.7 Å². The number of ether oxygens (including phenoxy) is 2. The standard InChI is InChI=1S/C22H17BrN2O4/c1-27-18-4-2-3-14(11-18)22-25-19-12-16(7-10-20(19)29-22)24-21(26)13-28-17-8-5-15(23)6-9-17/h2-12H,13H2,1H3,(H,24,26). The number of benzene rings is 3. The molecule has 1 heterocycles. The Labute approximate surface area is 175 Å². The van der Waals surface area contributed by atoms with Crippen LogP contribution in [0.15, 0.2) is 75.6 Å². The van der Waals surface area contributed by atoms with Gasteiger partial charge in [0.05, 0.1) is 7.11 Å². The molecule has 7 heteroatoms. The largest absolute Gasteiger partial charge is 0.497 e. The van der Waals surface area contributed by atoms with Crippen molar-refractivity contribution in [3.8, 4) is 23.0 Å². The zero-order valence-corrected chi connectivity index (χ0v) is 17.1. The highest BCUT2D eigenvalue weighted by Gasteiger charge is 2.11. The number of nitrogens with zero attached hydrogens (tertiary/aromatic N) is 1. The number of hydrogen-bond acceptors (Lipinski definition) is 5. The van der Waals surface area contributed by atoms with Gasteiger partial charge in [0.2, 0.25) is 5.89 Å². The number of carbonyl (C=O) groups excluding carboxylic acids is 1. The lowest BCUT2D eigenvalue weighted by molar-refractivity contribution is -0.118. The van der Waals surface area contributed by atoms with E-state index in [1.807, 2.05) is 36.4 Å². The summed E-state index contributed by atoms with van der Waals surface area (Å²) in [6, 6.07) is 20.1. The molecule has 0 saturated carbocycles. The van der Waals surface area contributed by atoms with Crippen LogP contribution in [0.3, 0.4) is 0 Å². The van der Waals surface area contributed by atoms with E-state index in [0.717, 1.165) is 15.8 Å². The molecule has 0 fully saturated rings. The van der Waals surface area contributed by atoms with Gasteiger partial charge in [-0.25, -0.2) is 4.98 Å². The second kappa shape index (κ2) is 8.36. The molecule has 0 bridgehead atoms. The molecule has 3 aromatic carbocycles. The monoisotopic (exact) mass is 452 g/mol. The molecule has 1 N–H and O–H groups in total. The highest BCUT2D eigenvalue weighted by Crippen LogP contribution is 2.28. The minimum atomic E-state index is -0.260. The molecular formula is C22H17BrN2O4. The van der Waals surface area contributed by atoms with Crippen LogP contribution in [0.2, 0.25) is 0 Å². The number of oxazole rings is 1. The topological polar surface area (TPSA) is 73.6 Å². The molecule has 0 aliphatic rings. The Morgan fingerprint density at radius 1 is 1.07 bits per heavy atom. The Bertz CT molecular complexity index is 1160. The van der Waals surface area contributed by atoms with E-state index in [0.29, 0.717) is 28.4 Å². The number of amides is 1. The maximum absolute atomic E-state index is 12.2. The fraction of sp³-hybridized carbons (Fsp3) is 0.0909. The molecule has 6 nitrogen and oxygen atoms in total. The van der Waals surface area contributed by atoms with Crippen molar-refractivity contribution in [2.24, 2.45) is 0 Å². The molecule has 0 saturated heterocycles. The van der Waals surface area contributed by atoms with Crippen molar-refractivity contribution in [2.45, 2.75) is 0 Å². The Hall–Kier alpha value is -3.32. The highest BCUT2D eigenvalue weighted by molar-refractivity contribution is 9.10. The third-order valence-corrected chi connectivity index (χ3v) is 4.70. The van der Waals surface area contributed by atoms with Crippen LogP contribution in [0.4, 0.5) is 5.69 Å². The number of rotatable bonds is 6. The number of carbonyl (C=O) groups is 1. The summed E-state index contributed by atoms with van der Waals surface area (Å²) in [4.78, 5) is 16.7. The lowest BCUT2D eigenvalue weighted by atomic mass is 10.2. The third kappa shape index (κ3) is 4.57. The molecule has 29 heavy (non-hydrogen) atoms. The minimum Gasteiger partial charge on any atom is -0.497 e. The Morgan fingerprint density at radius 3 is 2.69 bits per heavy atom. The average Bonchev–Trinajstić information content (AvgIpc) is 3.17. The molecule has 1 aromatic heterocycles. The van der Waals surface area contributed by atoms with E-state index < -0.39 is 0 Å². The van der Waals surface area contributed by atoms with Crippen LogP contribution in [-0.4, -0.2) is 24.6 Å². The van der Waals surface area contributed by atoms with Gasteiger partial charge >= 0.3 is 0 Å². The molecule has 0 aliphatic heterocycles. The van der Waals surface area contributed by atoms with Crippen LogP contribution in [0.25, 0.3) is 22.6 Å². The normalized spacial score (nSPS) is 10.7. The molecule has 0 radical (unpaired) electrons. The number of methoxy groups -OCH3 is 1. The zero-order valence-electron chi connectivity index (χ0n) is 15.5. The molecular weight excluding hydrogens is 436 g/mol. The first-order chi connectivity index (χ1) is 14.1. The van der Waals surface area contributed by atoms with Crippen molar-refractivity contribution >= 4 is 38.6 Å². The van der Waals surface area contributed by atoms with Crippen molar-refractivity contribution in [2.75, 3.05) is 19.0 Å². The molecule has 1 amide bonds. The fourth-order valence-corrected chi connectivity index (χ4v) is 3.03. The predicted molar refractivity (Wildman–Crippen MR) is 114 cm³/mol. The summed E-state index contributed by atoms with van der Waals surface area (Å²) >= 11 is 3.36. The van der Waals surface area contributed by atoms with Crippen molar-refractivity contribution in [1.29, 1.82) is 0 Å². The molecule has 0 aliphatic carbocycles. The van der Waals surface area contributed by atoms with Gasteiger partial charge in [0.1, 0.15) is 17.0 Å². The zero-order chi connectivity index (χ0) is 20.2. The number of fused-ring (bicyclic) bond motifs is 1. The molecule has 146 valence electrons. The Balaban J connectivity index is 1.45. The summed E-state index contributed by atoms with van der Waals surface area (Å²) < 4.78 is 17.5. The maximum atomic E-state index is 12.2. The van der Waals surface area contributed by atoms with Gasteiger partial charge in [0.15, 0.2) is 12.2 Å². The van der Waals surface area contributed by atoms with Crippen molar-refractivity contribution in [3.63, 3.8) is 0 Å². The number of hydrogen-bond donors (Lipinski definition) is 1. The first kappa shape index (κ1) is 19.0. The number of halogens is 1. The highest BCUT2D eigenvalue weighted by atomic mass is 79.9. The SMILES string of the molecule is COc1cccc(-c2nc3cc(NC(=O)COc4ccc(Br)cc4)ccc3o2)c1. The predicted octanol–water partition coefficient (Wildman–Crippen LogP) is 5.28. The van der Waals surface area contributed by atoms with Crippen LogP contribution in [0, 0.1) is 0 Å². The molecule has 4 aromatic rings. The average molecular weight is 453 g/mol. The van der Waals surface area contributed by atoms with Crippen LogP contribution in [0.1, 0.15) is 0 Å². The number of anilines is 1. The minimum absolute atomic E-state index is 0.0897. The summed E-state index contributed by atoms with van der Waals surface area (Å²) in [6.45, 7) is -0.0897. The second-order valence-electron chi connectivity index (χ2n) is 6.22. The van der Waals surface area contributed by atoms with Gasteiger partial charge in [0.25, 0.3) is 5.91 Å². The maximum Gasteiger partial charge on any atom is 0.262 e. The van der Waals surface area contributed by atoms with Gasteiger partial charge in [-0.05, 0) is 60.7 Å².